The van der Waals surface area contributed by atoms with Crippen LogP contribution in [0.5, 0.6) is 5.75 Å². The van der Waals surface area contributed by atoms with Gasteiger partial charge in [-0.05, 0) is 50.1 Å². The van der Waals surface area contributed by atoms with E-state index in [1.54, 1.807) is 12.1 Å². The standard InChI is InChI=1S/C21H29N3O3S/c1-4-22-21(24-15-16-27-19-9-5-17(2)6-10-19)23-14-13-18-7-11-20(12-8-18)28(3,25)26/h5-12H,4,13-16H2,1-3H3,(H2,22,23,24). The molecule has 0 heterocycles. The van der Waals surface area contributed by atoms with Crippen LogP contribution in [-0.2, 0) is 16.3 Å². The van der Waals surface area contributed by atoms with Crippen molar-refractivity contribution in [1.29, 1.82) is 0 Å². The normalized spacial score (nSPS) is 11.9. The minimum atomic E-state index is -3.16. The number of hydrogen-bond acceptors (Lipinski definition) is 4. The molecule has 0 saturated heterocycles. The predicted molar refractivity (Wildman–Crippen MR) is 114 cm³/mol. The van der Waals surface area contributed by atoms with Gasteiger partial charge < -0.3 is 15.4 Å². The molecule has 0 fully saturated rings. The second kappa shape index (κ2) is 10.7. The summed E-state index contributed by atoms with van der Waals surface area (Å²) in [5.74, 6) is 1.59. The maximum atomic E-state index is 11.5. The minimum Gasteiger partial charge on any atom is -0.492 e. The van der Waals surface area contributed by atoms with Crippen molar-refractivity contribution < 1.29 is 13.2 Å². The van der Waals surface area contributed by atoms with Gasteiger partial charge in [-0.3, -0.25) is 4.99 Å². The van der Waals surface area contributed by atoms with Crippen LogP contribution in [0.3, 0.4) is 0 Å². The summed E-state index contributed by atoms with van der Waals surface area (Å²) >= 11 is 0. The SMILES string of the molecule is CCNC(=NCCc1ccc(S(C)(=O)=O)cc1)NCCOc1ccc(C)cc1. The maximum absolute atomic E-state index is 11.5. The average molecular weight is 404 g/mol. The van der Waals surface area contributed by atoms with E-state index in [2.05, 4.69) is 15.6 Å². The van der Waals surface area contributed by atoms with Gasteiger partial charge >= 0.3 is 0 Å². The van der Waals surface area contributed by atoms with Gasteiger partial charge in [0.2, 0.25) is 0 Å². The van der Waals surface area contributed by atoms with Crippen LogP contribution in [0, 0.1) is 6.92 Å². The number of aliphatic imine (C=N–C) groups is 1. The number of benzene rings is 2. The van der Waals surface area contributed by atoms with Gasteiger partial charge in [0.1, 0.15) is 12.4 Å². The van der Waals surface area contributed by atoms with E-state index in [1.807, 2.05) is 50.2 Å². The van der Waals surface area contributed by atoms with Gasteiger partial charge in [0, 0.05) is 19.3 Å². The molecule has 28 heavy (non-hydrogen) atoms. The third-order valence-corrected chi connectivity index (χ3v) is 5.18. The van der Waals surface area contributed by atoms with Gasteiger partial charge in [-0.25, -0.2) is 8.42 Å². The molecule has 0 saturated carbocycles. The summed E-state index contributed by atoms with van der Waals surface area (Å²) in [5, 5.41) is 6.46. The molecule has 0 radical (unpaired) electrons. The Hall–Kier alpha value is -2.54. The Balaban J connectivity index is 1.78. The van der Waals surface area contributed by atoms with Crippen LogP contribution >= 0.6 is 0 Å². The van der Waals surface area contributed by atoms with Gasteiger partial charge in [0.05, 0.1) is 11.4 Å². The molecule has 2 aromatic carbocycles. The fourth-order valence-electron chi connectivity index (χ4n) is 2.51. The Morgan fingerprint density at radius 1 is 1.04 bits per heavy atom. The molecular weight excluding hydrogens is 374 g/mol. The first-order valence-corrected chi connectivity index (χ1v) is 11.3. The number of rotatable bonds is 9. The number of nitrogens with zero attached hydrogens (tertiary/aromatic N) is 1. The van der Waals surface area contributed by atoms with Crippen LogP contribution in [0.4, 0.5) is 0 Å². The molecule has 152 valence electrons. The molecule has 0 spiro atoms. The first-order chi connectivity index (χ1) is 13.4. The molecule has 0 aliphatic carbocycles. The van der Waals surface area contributed by atoms with E-state index in [1.165, 1.54) is 11.8 Å². The van der Waals surface area contributed by atoms with Crippen molar-refractivity contribution in [3.63, 3.8) is 0 Å². The van der Waals surface area contributed by atoms with Crippen molar-refractivity contribution in [2.75, 3.05) is 32.5 Å². The highest BCUT2D eigenvalue weighted by Crippen LogP contribution is 2.11. The molecule has 6 nitrogen and oxygen atoms in total. The van der Waals surface area contributed by atoms with E-state index in [0.29, 0.717) is 24.6 Å². The minimum absolute atomic E-state index is 0.336. The summed E-state index contributed by atoms with van der Waals surface area (Å²) < 4.78 is 28.7. The summed E-state index contributed by atoms with van der Waals surface area (Å²) in [5.41, 5.74) is 2.26. The lowest BCUT2D eigenvalue weighted by molar-refractivity contribution is 0.322. The van der Waals surface area contributed by atoms with Crippen LogP contribution in [-0.4, -0.2) is 46.9 Å². The average Bonchev–Trinajstić information content (AvgIpc) is 2.66. The van der Waals surface area contributed by atoms with Crippen LogP contribution in [0.25, 0.3) is 0 Å². The second-order valence-corrected chi connectivity index (χ2v) is 8.53. The number of ether oxygens (including phenoxy) is 1. The number of aryl methyl sites for hydroxylation is 1. The van der Waals surface area contributed by atoms with E-state index >= 15 is 0 Å². The lowest BCUT2D eigenvalue weighted by Gasteiger charge is -2.12. The second-order valence-electron chi connectivity index (χ2n) is 6.52. The quantitative estimate of drug-likeness (QED) is 0.382. The molecule has 0 amide bonds. The highest BCUT2D eigenvalue weighted by Gasteiger charge is 2.06. The molecule has 0 aliphatic rings. The van der Waals surface area contributed by atoms with Crippen LogP contribution in [0.1, 0.15) is 18.1 Å². The molecule has 0 bridgehead atoms. The molecule has 0 atom stereocenters. The monoisotopic (exact) mass is 403 g/mol. The summed E-state index contributed by atoms with van der Waals surface area (Å²) in [7, 11) is -3.16. The summed E-state index contributed by atoms with van der Waals surface area (Å²) in [6.45, 7) is 6.62. The molecule has 0 aromatic heterocycles. The summed E-state index contributed by atoms with van der Waals surface area (Å²) in [6.07, 6.45) is 1.95. The van der Waals surface area contributed by atoms with Crippen molar-refractivity contribution in [3.8, 4) is 5.75 Å². The zero-order valence-corrected chi connectivity index (χ0v) is 17.6. The van der Waals surface area contributed by atoms with Gasteiger partial charge in [-0.2, -0.15) is 0 Å². The predicted octanol–water partition coefficient (Wildman–Crippen LogP) is 2.58. The Morgan fingerprint density at radius 3 is 2.32 bits per heavy atom. The summed E-state index contributed by atoms with van der Waals surface area (Å²) in [4.78, 5) is 4.89. The highest BCUT2D eigenvalue weighted by molar-refractivity contribution is 7.90. The Labute approximate surface area is 168 Å². The zero-order chi connectivity index (χ0) is 20.4. The fourth-order valence-corrected chi connectivity index (χ4v) is 3.15. The van der Waals surface area contributed by atoms with Gasteiger partial charge in [-0.1, -0.05) is 29.8 Å². The molecular formula is C21H29N3O3S. The van der Waals surface area contributed by atoms with E-state index in [9.17, 15) is 8.42 Å². The zero-order valence-electron chi connectivity index (χ0n) is 16.7. The lowest BCUT2D eigenvalue weighted by atomic mass is 10.1. The van der Waals surface area contributed by atoms with Gasteiger partial charge in [-0.15, -0.1) is 0 Å². The van der Waals surface area contributed by atoms with Crippen molar-refractivity contribution >= 4 is 15.8 Å². The highest BCUT2D eigenvalue weighted by atomic mass is 32.2. The van der Waals surface area contributed by atoms with E-state index in [-0.39, 0.29) is 0 Å². The number of sulfone groups is 1. The molecule has 2 aromatic rings. The number of hydrogen-bond donors (Lipinski definition) is 2. The molecule has 0 unspecified atom stereocenters. The van der Waals surface area contributed by atoms with E-state index < -0.39 is 9.84 Å². The molecule has 2 rings (SSSR count). The van der Waals surface area contributed by atoms with Crippen LogP contribution in [0.15, 0.2) is 58.4 Å². The molecule has 2 N–H and O–H groups in total. The largest absolute Gasteiger partial charge is 0.492 e. The van der Waals surface area contributed by atoms with Crippen molar-refractivity contribution in [2.24, 2.45) is 4.99 Å². The maximum Gasteiger partial charge on any atom is 0.191 e. The van der Waals surface area contributed by atoms with Gasteiger partial charge in [0.25, 0.3) is 0 Å². The van der Waals surface area contributed by atoms with Crippen molar-refractivity contribution in [1.82, 2.24) is 10.6 Å². The first-order valence-electron chi connectivity index (χ1n) is 9.39. The van der Waals surface area contributed by atoms with E-state index in [0.717, 1.165) is 30.2 Å². The number of nitrogens with one attached hydrogen (secondary N) is 2. The number of guanidine groups is 1. The van der Waals surface area contributed by atoms with Crippen LogP contribution in [0.2, 0.25) is 0 Å². The Morgan fingerprint density at radius 2 is 1.71 bits per heavy atom. The third-order valence-electron chi connectivity index (χ3n) is 4.05. The molecule has 0 aliphatic heterocycles. The van der Waals surface area contributed by atoms with Crippen LogP contribution < -0.4 is 15.4 Å². The summed E-state index contributed by atoms with van der Waals surface area (Å²) in [6, 6.07) is 14.9. The van der Waals surface area contributed by atoms with Crippen molar-refractivity contribution in [3.05, 3.63) is 59.7 Å². The Bertz CT molecular complexity index is 861. The Kier molecular flexibility index (Phi) is 8.32. The van der Waals surface area contributed by atoms with Gasteiger partial charge in [0.15, 0.2) is 15.8 Å². The van der Waals surface area contributed by atoms with E-state index in [4.69, 9.17) is 4.74 Å². The topological polar surface area (TPSA) is 79.8 Å². The molecule has 7 heteroatoms. The third kappa shape index (κ3) is 7.60. The lowest BCUT2D eigenvalue weighted by Crippen LogP contribution is -2.39. The van der Waals surface area contributed by atoms with Crippen molar-refractivity contribution in [2.45, 2.75) is 25.2 Å². The first kappa shape index (κ1) is 21.8. The fraction of sp³-hybridized carbons (Fsp3) is 0.381. The smallest absolute Gasteiger partial charge is 0.191 e.